The van der Waals surface area contributed by atoms with Crippen LogP contribution in [0.3, 0.4) is 0 Å². The normalized spacial score (nSPS) is 20.2. The first-order chi connectivity index (χ1) is 18.9. The molecule has 0 aromatic heterocycles. The number of carbonyl (C=O) groups excluding carboxylic acids is 2. The standard InChI is InChI=1S/C31H33N5O3/c1-21-8-7-10-23(18-21)32-30(38)34-28-29(37)35(2)27-13-6-4-11-24(27)26(33-28)19-36-16-14-31(15-17-36)25-12-5-3-9-22(25)20-39-31/h3-13,18,28H,14-17,19-20H2,1-2H3,(H2,32,34,38). The van der Waals surface area contributed by atoms with Crippen LogP contribution in [0.2, 0.25) is 0 Å². The summed E-state index contributed by atoms with van der Waals surface area (Å²) in [5.74, 6) is -0.287. The molecule has 2 N–H and O–H groups in total. The van der Waals surface area contributed by atoms with Crippen molar-refractivity contribution in [1.29, 1.82) is 0 Å². The SMILES string of the molecule is Cc1cccc(NC(=O)NC2N=C(CN3CCC4(CC3)OCc3ccccc34)c3ccccc3N(C)C2=O)c1. The lowest BCUT2D eigenvalue weighted by Gasteiger charge is -2.39. The molecule has 3 heterocycles. The van der Waals surface area contributed by atoms with Gasteiger partial charge in [-0.2, -0.15) is 0 Å². The molecule has 0 saturated carbocycles. The Labute approximate surface area is 228 Å². The molecule has 1 fully saturated rings. The zero-order valence-electron chi connectivity index (χ0n) is 22.3. The van der Waals surface area contributed by atoms with Gasteiger partial charge in [0.1, 0.15) is 0 Å². The first-order valence-electron chi connectivity index (χ1n) is 13.4. The number of nitrogens with one attached hydrogen (secondary N) is 2. The van der Waals surface area contributed by atoms with E-state index in [9.17, 15) is 9.59 Å². The quantitative estimate of drug-likeness (QED) is 0.530. The minimum Gasteiger partial charge on any atom is -0.365 e. The molecule has 8 nitrogen and oxygen atoms in total. The Hall–Kier alpha value is -4.01. The zero-order valence-corrected chi connectivity index (χ0v) is 22.3. The Morgan fingerprint density at radius 2 is 1.82 bits per heavy atom. The fourth-order valence-electron chi connectivity index (χ4n) is 5.91. The van der Waals surface area contributed by atoms with Crippen molar-refractivity contribution in [3.63, 3.8) is 0 Å². The molecule has 3 amide bonds. The van der Waals surface area contributed by atoms with Gasteiger partial charge in [0.05, 0.1) is 23.6 Å². The van der Waals surface area contributed by atoms with Gasteiger partial charge in [0.2, 0.25) is 6.17 Å². The molecular formula is C31H33N5O3. The van der Waals surface area contributed by atoms with E-state index < -0.39 is 12.2 Å². The lowest BCUT2D eigenvalue weighted by molar-refractivity contribution is -0.119. The molecule has 0 bridgehead atoms. The van der Waals surface area contributed by atoms with Gasteiger partial charge in [-0.15, -0.1) is 0 Å². The number of aryl methyl sites for hydroxylation is 1. The number of carbonyl (C=O) groups is 2. The van der Waals surface area contributed by atoms with Crippen molar-refractivity contribution >= 4 is 29.0 Å². The largest absolute Gasteiger partial charge is 0.365 e. The van der Waals surface area contributed by atoms with E-state index in [1.165, 1.54) is 11.1 Å². The first kappa shape index (κ1) is 25.3. The number of urea groups is 1. The number of amides is 3. The topological polar surface area (TPSA) is 86.3 Å². The Morgan fingerprint density at radius 1 is 1.05 bits per heavy atom. The fraction of sp³-hybridized carbons (Fsp3) is 0.323. The number of para-hydroxylation sites is 1. The van der Waals surface area contributed by atoms with Crippen LogP contribution < -0.4 is 15.5 Å². The Kier molecular flexibility index (Phi) is 6.66. The zero-order chi connectivity index (χ0) is 27.0. The van der Waals surface area contributed by atoms with E-state index in [-0.39, 0.29) is 11.5 Å². The number of benzodiazepines with no additional fused rings is 1. The van der Waals surface area contributed by atoms with Crippen LogP contribution in [0.25, 0.3) is 0 Å². The second-order valence-electron chi connectivity index (χ2n) is 10.6. The number of rotatable bonds is 4. The summed E-state index contributed by atoms with van der Waals surface area (Å²) in [5.41, 5.74) is 6.55. The van der Waals surface area contributed by atoms with Gasteiger partial charge in [0.15, 0.2) is 0 Å². The second kappa shape index (κ2) is 10.3. The van der Waals surface area contributed by atoms with Gasteiger partial charge in [0, 0.05) is 37.9 Å². The number of hydrogen-bond acceptors (Lipinski definition) is 5. The lowest BCUT2D eigenvalue weighted by Crippen LogP contribution is -2.48. The van der Waals surface area contributed by atoms with Gasteiger partial charge >= 0.3 is 6.03 Å². The number of ether oxygens (including phenoxy) is 1. The number of hydrogen-bond donors (Lipinski definition) is 2. The number of aliphatic imine (C=N–C) groups is 1. The van der Waals surface area contributed by atoms with Gasteiger partial charge in [-0.05, 0) is 54.7 Å². The van der Waals surface area contributed by atoms with Gasteiger partial charge < -0.3 is 20.3 Å². The highest BCUT2D eigenvalue weighted by atomic mass is 16.5. The van der Waals surface area contributed by atoms with E-state index in [0.717, 1.165) is 48.5 Å². The van der Waals surface area contributed by atoms with Gasteiger partial charge in [0.25, 0.3) is 5.91 Å². The molecule has 1 unspecified atom stereocenters. The monoisotopic (exact) mass is 523 g/mol. The predicted octanol–water partition coefficient (Wildman–Crippen LogP) is 4.43. The minimum atomic E-state index is -1.04. The van der Waals surface area contributed by atoms with E-state index in [2.05, 4.69) is 39.8 Å². The van der Waals surface area contributed by atoms with Crippen molar-refractivity contribution in [3.05, 3.63) is 95.1 Å². The van der Waals surface area contributed by atoms with Gasteiger partial charge in [-0.3, -0.25) is 14.7 Å². The number of piperidine rings is 1. The van der Waals surface area contributed by atoms with Crippen LogP contribution in [0.5, 0.6) is 0 Å². The molecule has 39 heavy (non-hydrogen) atoms. The molecule has 0 radical (unpaired) electrons. The molecule has 3 aromatic rings. The van der Waals surface area contributed by atoms with Gasteiger partial charge in [-0.25, -0.2) is 4.79 Å². The summed E-state index contributed by atoms with van der Waals surface area (Å²) in [6.45, 7) is 4.91. The third-order valence-electron chi connectivity index (χ3n) is 8.02. The number of nitrogens with zero attached hydrogens (tertiary/aromatic N) is 3. The summed E-state index contributed by atoms with van der Waals surface area (Å²) >= 11 is 0. The summed E-state index contributed by atoms with van der Waals surface area (Å²) in [4.78, 5) is 35.1. The highest BCUT2D eigenvalue weighted by Gasteiger charge is 2.42. The Bertz CT molecular complexity index is 1440. The summed E-state index contributed by atoms with van der Waals surface area (Å²) < 4.78 is 6.35. The molecule has 1 spiro atoms. The molecule has 3 aliphatic rings. The minimum absolute atomic E-state index is 0.218. The molecule has 0 aliphatic carbocycles. The highest BCUT2D eigenvalue weighted by molar-refractivity contribution is 6.14. The molecule has 200 valence electrons. The van der Waals surface area contributed by atoms with Gasteiger partial charge in [-0.1, -0.05) is 54.6 Å². The van der Waals surface area contributed by atoms with Crippen molar-refractivity contribution in [2.45, 2.75) is 38.1 Å². The molecular weight excluding hydrogens is 490 g/mol. The van der Waals surface area contributed by atoms with Crippen LogP contribution in [0.4, 0.5) is 16.2 Å². The van der Waals surface area contributed by atoms with E-state index in [4.69, 9.17) is 9.73 Å². The average molecular weight is 524 g/mol. The number of anilines is 2. The van der Waals surface area contributed by atoms with E-state index in [0.29, 0.717) is 18.8 Å². The van der Waals surface area contributed by atoms with Crippen molar-refractivity contribution in [2.75, 3.05) is 36.9 Å². The van der Waals surface area contributed by atoms with E-state index in [1.54, 1.807) is 11.9 Å². The number of fused-ring (bicyclic) bond motifs is 3. The van der Waals surface area contributed by atoms with Crippen LogP contribution in [-0.2, 0) is 21.7 Å². The smallest absolute Gasteiger partial charge is 0.321 e. The Morgan fingerprint density at radius 3 is 2.64 bits per heavy atom. The van der Waals surface area contributed by atoms with Crippen LogP contribution in [-0.4, -0.2) is 55.4 Å². The molecule has 6 rings (SSSR count). The molecule has 3 aromatic carbocycles. The van der Waals surface area contributed by atoms with Crippen LogP contribution >= 0.6 is 0 Å². The van der Waals surface area contributed by atoms with E-state index >= 15 is 0 Å². The maximum atomic E-state index is 13.4. The maximum absolute atomic E-state index is 13.4. The number of benzene rings is 3. The third-order valence-corrected chi connectivity index (χ3v) is 8.02. The summed E-state index contributed by atoms with van der Waals surface area (Å²) in [7, 11) is 1.73. The number of likely N-dealkylation sites (tertiary alicyclic amines) is 1. The maximum Gasteiger partial charge on any atom is 0.321 e. The van der Waals surface area contributed by atoms with Crippen LogP contribution in [0.1, 0.15) is 35.1 Å². The molecule has 8 heteroatoms. The molecule has 1 atom stereocenters. The van der Waals surface area contributed by atoms with Crippen molar-refractivity contribution in [1.82, 2.24) is 10.2 Å². The van der Waals surface area contributed by atoms with E-state index in [1.807, 2.05) is 55.5 Å². The highest BCUT2D eigenvalue weighted by Crippen LogP contribution is 2.44. The first-order valence-corrected chi connectivity index (χ1v) is 13.4. The molecule has 3 aliphatic heterocycles. The lowest BCUT2D eigenvalue weighted by atomic mass is 9.83. The van der Waals surface area contributed by atoms with Crippen molar-refractivity contribution in [3.8, 4) is 0 Å². The summed E-state index contributed by atoms with van der Waals surface area (Å²) in [5, 5.41) is 5.62. The number of likely N-dealkylation sites (N-methyl/N-ethyl adjacent to an activating group) is 1. The fourth-order valence-corrected chi connectivity index (χ4v) is 5.91. The Balaban J connectivity index is 1.22. The second-order valence-corrected chi connectivity index (χ2v) is 10.6. The predicted molar refractivity (Wildman–Crippen MR) is 152 cm³/mol. The summed E-state index contributed by atoms with van der Waals surface area (Å²) in [6, 6.07) is 23.4. The average Bonchev–Trinajstić information content (AvgIpc) is 3.26. The summed E-state index contributed by atoms with van der Waals surface area (Å²) in [6.07, 6.45) is 0.764. The third kappa shape index (κ3) is 4.93. The van der Waals surface area contributed by atoms with Crippen molar-refractivity contribution < 1.29 is 14.3 Å². The van der Waals surface area contributed by atoms with Crippen LogP contribution in [0.15, 0.2) is 77.8 Å². The van der Waals surface area contributed by atoms with Crippen LogP contribution in [0, 0.1) is 6.92 Å². The molecule has 1 saturated heterocycles. The van der Waals surface area contributed by atoms with Crippen molar-refractivity contribution in [2.24, 2.45) is 4.99 Å².